The lowest BCUT2D eigenvalue weighted by Gasteiger charge is -2.08. The fourth-order valence-electron chi connectivity index (χ4n) is 1.75. The third kappa shape index (κ3) is 4.20. The molecule has 21 heavy (non-hydrogen) atoms. The van der Waals surface area contributed by atoms with Gasteiger partial charge in [0, 0.05) is 30.4 Å². The number of halogens is 2. The molecule has 0 atom stereocenters. The Hall–Kier alpha value is -1.57. The first-order chi connectivity index (χ1) is 9.88. The third-order valence-corrected chi connectivity index (χ3v) is 4.44. The SMILES string of the molecule is Cc1nccnc1CCNS(=O)(=O)c1cc(F)cc(Cl)c1. The van der Waals surface area contributed by atoms with E-state index in [1.165, 1.54) is 6.07 Å². The van der Waals surface area contributed by atoms with E-state index in [0.29, 0.717) is 12.1 Å². The van der Waals surface area contributed by atoms with E-state index in [9.17, 15) is 12.8 Å². The van der Waals surface area contributed by atoms with Crippen molar-refractivity contribution in [2.24, 2.45) is 0 Å². The highest BCUT2D eigenvalue weighted by molar-refractivity contribution is 7.89. The van der Waals surface area contributed by atoms with Crippen LogP contribution in [0.1, 0.15) is 11.4 Å². The highest BCUT2D eigenvalue weighted by Crippen LogP contribution is 2.18. The molecule has 1 aromatic carbocycles. The van der Waals surface area contributed by atoms with E-state index in [0.717, 1.165) is 17.8 Å². The molecule has 0 spiro atoms. The summed E-state index contributed by atoms with van der Waals surface area (Å²) >= 11 is 5.66. The molecule has 0 bridgehead atoms. The van der Waals surface area contributed by atoms with E-state index in [1.807, 2.05) is 0 Å². The Morgan fingerprint density at radius 1 is 1.24 bits per heavy atom. The Labute approximate surface area is 127 Å². The Bertz CT molecular complexity index is 733. The van der Waals surface area contributed by atoms with Crippen LogP contribution in [0.15, 0.2) is 35.5 Å². The Morgan fingerprint density at radius 3 is 2.62 bits per heavy atom. The average molecular weight is 330 g/mol. The van der Waals surface area contributed by atoms with Crippen LogP contribution in [0.3, 0.4) is 0 Å². The molecule has 0 saturated heterocycles. The second kappa shape index (κ2) is 6.46. The number of hydrogen-bond acceptors (Lipinski definition) is 4. The lowest BCUT2D eigenvalue weighted by atomic mass is 10.2. The van der Waals surface area contributed by atoms with E-state index >= 15 is 0 Å². The summed E-state index contributed by atoms with van der Waals surface area (Å²) in [5.74, 6) is -0.701. The number of rotatable bonds is 5. The lowest BCUT2D eigenvalue weighted by molar-refractivity contribution is 0.577. The van der Waals surface area contributed by atoms with Gasteiger partial charge in [-0.2, -0.15) is 0 Å². The average Bonchev–Trinajstić information content (AvgIpc) is 2.40. The van der Waals surface area contributed by atoms with E-state index in [1.54, 1.807) is 19.3 Å². The van der Waals surface area contributed by atoms with Gasteiger partial charge in [0.15, 0.2) is 0 Å². The van der Waals surface area contributed by atoms with Crippen molar-refractivity contribution in [3.63, 3.8) is 0 Å². The van der Waals surface area contributed by atoms with Gasteiger partial charge in [-0.3, -0.25) is 9.97 Å². The van der Waals surface area contributed by atoms with Gasteiger partial charge >= 0.3 is 0 Å². The van der Waals surface area contributed by atoms with Crippen LogP contribution in [-0.2, 0) is 16.4 Å². The maximum Gasteiger partial charge on any atom is 0.240 e. The van der Waals surface area contributed by atoms with Crippen molar-refractivity contribution in [1.82, 2.24) is 14.7 Å². The van der Waals surface area contributed by atoms with Gasteiger partial charge in [-0.15, -0.1) is 0 Å². The number of sulfonamides is 1. The molecule has 0 amide bonds. The minimum absolute atomic E-state index is 0.0279. The molecule has 1 N–H and O–H groups in total. The van der Waals surface area contributed by atoms with Crippen molar-refractivity contribution < 1.29 is 12.8 Å². The zero-order valence-corrected chi connectivity index (χ0v) is 12.7. The topological polar surface area (TPSA) is 72.0 Å². The summed E-state index contributed by atoms with van der Waals surface area (Å²) in [6.45, 7) is 1.93. The van der Waals surface area contributed by atoms with Gasteiger partial charge < -0.3 is 0 Å². The van der Waals surface area contributed by atoms with E-state index in [2.05, 4.69) is 14.7 Å². The normalized spacial score (nSPS) is 11.6. The molecule has 8 heteroatoms. The molecule has 0 radical (unpaired) electrons. The number of hydrogen-bond donors (Lipinski definition) is 1. The third-order valence-electron chi connectivity index (χ3n) is 2.78. The van der Waals surface area contributed by atoms with Crippen molar-refractivity contribution in [1.29, 1.82) is 0 Å². The molecular formula is C13H13ClFN3O2S. The van der Waals surface area contributed by atoms with Crippen molar-refractivity contribution >= 4 is 21.6 Å². The van der Waals surface area contributed by atoms with E-state index in [-0.39, 0.29) is 16.5 Å². The monoisotopic (exact) mass is 329 g/mol. The summed E-state index contributed by atoms with van der Waals surface area (Å²) in [6.07, 6.45) is 3.50. The van der Waals surface area contributed by atoms with Crippen LogP contribution >= 0.6 is 11.6 Å². The number of aromatic nitrogens is 2. The minimum atomic E-state index is -3.81. The summed E-state index contributed by atoms with van der Waals surface area (Å²) in [7, 11) is -3.81. The second-order valence-corrected chi connectivity index (χ2v) is 6.54. The Morgan fingerprint density at radius 2 is 1.95 bits per heavy atom. The highest BCUT2D eigenvalue weighted by Gasteiger charge is 2.15. The lowest BCUT2D eigenvalue weighted by Crippen LogP contribution is -2.26. The number of aryl methyl sites for hydroxylation is 1. The summed E-state index contributed by atoms with van der Waals surface area (Å²) in [4.78, 5) is 7.98. The summed E-state index contributed by atoms with van der Waals surface area (Å²) in [5, 5.41) is 0.0279. The van der Waals surface area contributed by atoms with E-state index < -0.39 is 15.8 Å². The van der Waals surface area contributed by atoms with Crippen molar-refractivity contribution in [2.45, 2.75) is 18.2 Å². The predicted octanol–water partition coefficient (Wildman–Crippen LogP) is 2.10. The van der Waals surface area contributed by atoms with Gasteiger partial charge in [-0.25, -0.2) is 17.5 Å². The molecule has 0 aliphatic heterocycles. The molecule has 2 aromatic rings. The number of nitrogens with zero attached hydrogens (tertiary/aromatic N) is 2. The summed E-state index contributed by atoms with van der Waals surface area (Å²) in [5.41, 5.74) is 1.45. The maximum atomic E-state index is 13.2. The van der Waals surface area contributed by atoms with Gasteiger partial charge in [0.1, 0.15) is 5.82 Å². The smallest absolute Gasteiger partial charge is 0.240 e. The molecule has 2 rings (SSSR count). The van der Waals surface area contributed by atoms with Gasteiger partial charge in [0.25, 0.3) is 0 Å². The van der Waals surface area contributed by atoms with Crippen molar-refractivity contribution in [2.75, 3.05) is 6.54 Å². The van der Waals surface area contributed by atoms with Gasteiger partial charge in [-0.1, -0.05) is 11.6 Å². The van der Waals surface area contributed by atoms with Crippen LogP contribution in [0.25, 0.3) is 0 Å². The quantitative estimate of drug-likeness (QED) is 0.911. The number of benzene rings is 1. The fraction of sp³-hybridized carbons (Fsp3) is 0.231. The summed E-state index contributed by atoms with van der Waals surface area (Å²) in [6, 6.07) is 3.16. The van der Waals surface area contributed by atoms with E-state index in [4.69, 9.17) is 11.6 Å². The largest absolute Gasteiger partial charge is 0.258 e. The van der Waals surface area contributed by atoms with Crippen LogP contribution < -0.4 is 4.72 Å². The van der Waals surface area contributed by atoms with Crippen LogP contribution in [0, 0.1) is 12.7 Å². The van der Waals surface area contributed by atoms with Crippen molar-refractivity contribution in [3.05, 3.63) is 52.8 Å². The minimum Gasteiger partial charge on any atom is -0.258 e. The second-order valence-electron chi connectivity index (χ2n) is 4.34. The first-order valence-corrected chi connectivity index (χ1v) is 7.97. The van der Waals surface area contributed by atoms with Crippen LogP contribution in [-0.4, -0.2) is 24.9 Å². The molecule has 112 valence electrons. The van der Waals surface area contributed by atoms with Gasteiger partial charge in [0.05, 0.1) is 16.3 Å². The van der Waals surface area contributed by atoms with Crippen LogP contribution in [0.2, 0.25) is 5.02 Å². The zero-order valence-electron chi connectivity index (χ0n) is 11.2. The van der Waals surface area contributed by atoms with Crippen LogP contribution in [0.5, 0.6) is 0 Å². The molecule has 0 aliphatic carbocycles. The molecule has 0 unspecified atom stereocenters. The van der Waals surface area contributed by atoms with Gasteiger partial charge in [-0.05, 0) is 25.1 Å². The molecular weight excluding hydrogens is 317 g/mol. The number of nitrogens with one attached hydrogen (secondary N) is 1. The van der Waals surface area contributed by atoms with Crippen LogP contribution in [0.4, 0.5) is 4.39 Å². The molecule has 0 fully saturated rings. The first kappa shape index (κ1) is 15.8. The molecule has 0 aliphatic rings. The van der Waals surface area contributed by atoms with Gasteiger partial charge in [0.2, 0.25) is 10.0 Å². The molecule has 1 heterocycles. The fourth-order valence-corrected chi connectivity index (χ4v) is 3.13. The Balaban J connectivity index is 2.06. The first-order valence-electron chi connectivity index (χ1n) is 6.11. The maximum absolute atomic E-state index is 13.2. The van der Waals surface area contributed by atoms with Crippen molar-refractivity contribution in [3.8, 4) is 0 Å². The highest BCUT2D eigenvalue weighted by atomic mass is 35.5. The Kier molecular flexibility index (Phi) is 4.87. The standard InChI is InChI=1S/C13H13ClFN3O2S/c1-9-13(17-5-4-16-9)2-3-18-21(19,20)12-7-10(14)6-11(15)8-12/h4-8,18H,2-3H2,1H3. The zero-order chi connectivity index (χ0) is 15.5. The molecule has 1 aromatic heterocycles. The molecule has 0 saturated carbocycles. The predicted molar refractivity (Wildman–Crippen MR) is 77.1 cm³/mol. The molecule has 5 nitrogen and oxygen atoms in total. The summed E-state index contributed by atoms with van der Waals surface area (Å²) < 4.78 is 39.7.